The van der Waals surface area contributed by atoms with Gasteiger partial charge < -0.3 is 11.1 Å². The van der Waals surface area contributed by atoms with E-state index in [1.54, 1.807) is 22.2 Å². The first-order valence-corrected chi connectivity index (χ1v) is 6.27. The summed E-state index contributed by atoms with van der Waals surface area (Å²) in [6.45, 7) is 6.05. The molecule has 0 spiro atoms. The lowest BCUT2D eigenvalue weighted by Crippen LogP contribution is -2.29. The van der Waals surface area contributed by atoms with Crippen LogP contribution in [0.25, 0.3) is 0 Å². The second-order valence-electron chi connectivity index (χ2n) is 4.56. The van der Waals surface area contributed by atoms with Crippen LogP contribution in [0.4, 0.5) is 11.5 Å². The van der Waals surface area contributed by atoms with Gasteiger partial charge in [-0.2, -0.15) is 5.10 Å². The van der Waals surface area contributed by atoms with Crippen molar-refractivity contribution in [3.63, 3.8) is 0 Å². The van der Waals surface area contributed by atoms with Crippen LogP contribution < -0.4 is 11.1 Å². The molecule has 5 nitrogen and oxygen atoms in total. The number of nitrogen functional groups attached to an aromatic ring is 1. The molecule has 0 amide bonds. The van der Waals surface area contributed by atoms with Gasteiger partial charge in [0.1, 0.15) is 10.8 Å². The maximum Gasteiger partial charge on any atom is 0.148 e. The van der Waals surface area contributed by atoms with Crippen molar-refractivity contribution in [2.75, 3.05) is 11.1 Å². The van der Waals surface area contributed by atoms with Gasteiger partial charge in [-0.3, -0.25) is 4.68 Å². The van der Waals surface area contributed by atoms with Gasteiger partial charge in [0, 0.05) is 18.6 Å². The second-order valence-corrected chi connectivity index (χ2v) is 5.45. The number of aryl methyl sites for hydroxylation is 2. The lowest BCUT2D eigenvalue weighted by atomic mass is 10.1. The minimum atomic E-state index is -0.261. The van der Waals surface area contributed by atoms with E-state index in [-0.39, 0.29) is 5.54 Å². The van der Waals surface area contributed by atoms with Crippen LogP contribution in [0.15, 0.2) is 11.6 Å². The minimum Gasteiger partial charge on any atom is -0.394 e. The van der Waals surface area contributed by atoms with Crippen molar-refractivity contribution < 1.29 is 0 Å². The van der Waals surface area contributed by atoms with Crippen LogP contribution in [0.5, 0.6) is 0 Å². The van der Waals surface area contributed by atoms with Gasteiger partial charge in [0.2, 0.25) is 0 Å². The lowest BCUT2D eigenvalue weighted by Gasteiger charge is -2.25. The number of nitrogens with zero attached hydrogens (tertiary/aromatic N) is 3. The fourth-order valence-corrected chi connectivity index (χ4v) is 2.42. The third-order valence-electron chi connectivity index (χ3n) is 2.67. The average molecular weight is 251 g/mol. The Balaban J connectivity index is 2.32. The molecule has 17 heavy (non-hydrogen) atoms. The molecule has 0 aliphatic heterocycles. The molecule has 0 bridgehead atoms. The van der Waals surface area contributed by atoms with Crippen LogP contribution >= 0.6 is 11.3 Å². The molecule has 0 saturated carbocycles. The second kappa shape index (κ2) is 4.03. The van der Waals surface area contributed by atoms with Crippen LogP contribution in [0, 0.1) is 6.92 Å². The zero-order chi connectivity index (χ0) is 12.6. The van der Waals surface area contributed by atoms with Crippen molar-refractivity contribution in [1.82, 2.24) is 14.8 Å². The quantitative estimate of drug-likeness (QED) is 0.876. The third-order valence-corrected chi connectivity index (χ3v) is 3.76. The Labute approximate surface area is 105 Å². The van der Waals surface area contributed by atoms with Gasteiger partial charge in [0.15, 0.2) is 0 Å². The van der Waals surface area contributed by atoms with E-state index in [2.05, 4.69) is 29.2 Å². The van der Waals surface area contributed by atoms with E-state index < -0.39 is 0 Å². The summed E-state index contributed by atoms with van der Waals surface area (Å²) in [6, 6.07) is 0. The molecule has 2 aromatic heterocycles. The molecular weight excluding hydrogens is 234 g/mol. The van der Waals surface area contributed by atoms with E-state index in [1.807, 2.05) is 19.4 Å². The molecule has 0 unspecified atom stereocenters. The topological polar surface area (TPSA) is 68.8 Å². The highest BCUT2D eigenvalue weighted by Crippen LogP contribution is 2.30. The van der Waals surface area contributed by atoms with Gasteiger partial charge in [0.25, 0.3) is 0 Å². The molecule has 6 heteroatoms. The fraction of sp³-hybridized carbons (Fsp3) is 0.455. The van der Waals surface area contributed by atoms with Crippen LogP contribution in [0.1, 0.15) is 24.5 Å². The van der Waals surface area contributed by atoms with Crippen LogP contribution in [0.3, 0.4) is 0 Å². The SMILES string of the molecule is Cc1nn(C)c(NC(C)(C)c2nccs2)c1N. The van der Waals surface area contributed by atoms with Crippen LogP contribution in [-0.2, 0) is 12.6 Å². The first-order valence-electron chi connectivity index (χ1n) is 5.39. The van der Waals surface area contributed by atoms with E-state index in [9.17, 15) is 0 Å². The first-order chi connectivity index (χ1) is 7.92. The number of hydrogen-bond donors (Lipinski definition) is 2. The van der Waals surface area contributed by atoms with Crippen molar-refractivity contribution in [3.05, 3.63) is 22.3 Å². The van der Waals surface area contributed by atoms with E-state index in [4.69, 9.17) is 5.73 Å². The van der Waals surface area contributed by atoms with Crippen LogP contribution in [0.2, 0.25) is 0 Å². The summed E-state index contributed by atoms with van der Waals surface area (Å²) in [5, 5.41) is 10.7. The van der Waals surface area contributed by atoms with Gasteiger partial charge >= 0.3 is 0 Å². The van der Waals surface area contributed by atoms with Crippen molar-refractivity contribution in [2.45, 2.75) is 26.3 Å². The van der Waals surface area contributed by atoms with Crippen molar-refractivity contribution >= 4 is 22.8 Å². The number of aromatic nitrogens is 3. The van der Waals surface area contributed by atoms with E-state index in [0.29, 0.717) is 5.69 Å². The van der Waals surface area contributed by atoms with E-state index >= 15 is 0 Å². The molecule has 0 saturated heterocycles. The Kier molecular flexibility index (Phi) is 2.82. The van der Waals surface area contributed by atoms with Gasteiger partial charge in [-0.05, 0) is 20.8 Å². The summed E-state index contributed by atoms with van der Waals surface area (Å²) in [6.07, 6.45) is 1.81. The molecule has 92 valence electrons. The largest absolute Gasteiger partial charge is 0.394 e. The smallest absolute Gasteiger partial charge is 0.148 e. The summed E-state index contributed by atoms with van der Waals surface area (Å²) in [5.41, 5.74) is 7.27. The molecular formula is C11H17N5S. The third kappa shape index (κ3) is 2.12. The Morgan fingerprint density at radius 3 is 2.65 bits per heavy atom. The summed E-state index contributed by atoms with van der Waals surface area (Å²) in [7, 11) is 1.88. The predicted octanol–water partition coefficient (Wildman–Crippen LogP) is 2.11. The standard InChI is InChI=1S/C11H17N5S/c1-7-8(12)9(16(4)15-7)14-11(2,3)10-13-5-6-17-10/h5-6,14H,12H2,1-4H3. The molecule has 0 aromatic carbocycles. The summed E-state index contributed by atoms with van der Waals surface area (Å²) in [5.74, 6) is 0.836. The predicted molar refractivity (Wildman–Crippen MR) is 71.1 cm³/mol. The highest BCUT2D eigenvalue weighted by atomic mass is 32.1. The Hall–Kier alpha value is -1.56. The highest BCUT2D eigenvalue weighted by molar-refractivity contribution is 7.09. The van der Waals surface area contributed by atoms with E-state index in [1.165, 1.54) is 0 Å². The summed E-state index contributed by atoms with van der Waals surface area (Å²) in [4.78, 5) is 4.34. The minimum absolute atomic E-state index is 0.261. The molecule has 0 aliphatic rings. The molecule has 0 radical (unpaired) electrons. The number of nitrogens with one attached hydrogen (secondary N) is 1. The van der Waals surface area contributed by atoms with Gasteiger partial charge in [-0.15, -0.1) is 11.3 Å². The molecule has 2 aromatic rings. The Bertz CT molecular complexity index is 512. The van der Waals surface area contributed by atoms with Crippen LogP contribution in [-0.4, -0.2) is 14.8 Å². The lowest BCUT2D eigenvalue weighted by molar-refractivity contribution is 0.590. The highest BCUT2D eigenvalue weighted by Gasteiger charge is 2.25. The first kappa shape index (κ1) is 11.9. The number of nitrogens with two attached hydrogens (primary N) is 1. The maximum atomic E-state index is 6.00. The number of thiazole rings is 1. The normalized spacial score (nSPS) is 11.8. The van der Waals surface area contributed by atoms with Crippen molar-refractivity contribution in [3.8, 4) is 0 Å². The molecule has 2 rings (SSSR count). The molecule has 0 aliphatic carbocycles. The van der Waals surface area contributed by atoms with Gasteiger partial charge in [-0.25, -0.2) is 4.98 Å². The molecule has 2 heterocycles. The maximum absolute atomic E-state index is 6.00. The number of hydrogen-bond acceptors (Lipinski definition) is 5. The zero-order valence-electron chi connectivity index (χ0n) is 10.5. The molecule has 3 N–H and O–H groups in total. The number of rotatable bonds is 3. The van der Waals surface area contributed by atoms with Crippen molar-refractivity contribution in [2.24, 2.45) is 7.05 Å². The summed E-state index contributed by atoms with van der Waals surface area (Å²) < 4.78 is 1.76. The van der Waals surface area contributed by atoms with E-state index in [0.717, 1.165) is 16.5 Å². The Morgan fingerprint density at radius 2 is 2.18 bits per heavy atom. The molecule has 0 fully saturated rings. The van der Waals surface area contributed by atoms with Gasteiger partial charge in [-0.1, -0.05) is 0 Å². The van der Waals surface area contributed by atoms with Crippen molar-refractivity contribution in [1.29, 1.82) is 0 Å². The summed E-state index contributed by atoms with van der Waals surface area (Å²) >= 11 is 1.62. The average Bonchev–Trinajstić information content (AvgIpc) is 2.84. The van der Waals surface area contributed by atoms with Gasteiger partial charge in [0.05, 0.1) is 16.9 Å². The Morgan fingerprint density at radius 1 is 1.47 bits per heavy atom. The fourth-order valence-electron chi connectivity index (χ4n) is 1.70. The monoisotopic (exact) mass is 251 g/mol. The number of anilines is 2. The zero-order valence-corrected chi connectivity index (χ0v) is 11.3. The molecule has 0 atom stereocenters.